The van der Waals surface area contributed by atoms with Gasteiger partial charge in [0.05, 0.1) is 12.6 Å². The van der Waals surface area contributed by atoms with Crippen LogP contribution in [0.25, 0.3) is 0 Å². The molecule has 0 bridgehead atoms. The smallest absolute Gasteiger partial charge is 0.129 e. The highest BCUT2D eigenvalue weighted by Crippen LogP contribution is 2.16. The zero-order chi connectivity index (χ0) is 11.4. The summed E-state index contributed by atoms with van der Waals surface area (Å²) >= 11 is 0. The summed E-state index contributed by atoms with van der Waals surface area (Å²) in [5, 5.41) is 3.40. The fourth-order valence-electron chi connectivity index (χ4n) is 1.83. The molecule has 1 aromatic rings. The van der Waals surface area contributed by atoms with E-state index < -0.39 is 0 Å². The van der Waals surface area contributed by atoms with Gasteiger partial charge in [-0.05, 0) is 18.8 Å². The maximum atomic E-state index is 5.43. The predicted molar refractivity (Wildman–Crippen MR) is 63.6 cm³/mol. The Morgan fingerprint density at radius 2 is 2.31 bits per heavy atom. The third-order valence-electron chi connectivity index (χ3n) is 2.79. The zero-order valence-electron chi connectivity index (χ0n) is 9.94. The second kappa shape index (κ2) is 5.25. The summed E-state index contributed by atoms with van der Waals surface area (Å²) in [4.78, 5) is 8.49. The van der Waals surface area contributed by atoms with Gasteiger partial charge in [-0.1, -0.05) is 13.8 Å². The molecule has 1 aliphatic rings. The van der Waals surface area contributed by atoms with Gasteiger partial charge < -0.3 is 10.1 Å². The Morgan fingerprint density at radius 3 is 3.00 bits per heavy atom. The first-order valence-electron chi connectivity index (χ1n) is 5.92. The Morgan fingerprint density at radius 1 is 1.44 bits per heavy atom. The van der Waals surface area contributed by atoms with Crippen molar-refractivity contribution < 1.29 is 4.74 Å². The molecule has 88 valence electrons. The molecule has 2 rings (SSSR count). The fourth-order valence-corrected chi connectivity index (χ4v) is 1.83. The van der Waals surface area contributed by atoms with E-state index in [1.807, 2.05) is 6.07 Å². The van der Waals surface area contributed by atoms with Crippen molar-refractivity contribution in [2.45, 2.75) is 38.6 Å². The van der Waals surface area contributed by atoms with E-state index >= 15 is 0 Å². The molecule has 16 heavy (non-hydrogen) atoms. The summed E-state index contributed by atoms with van der Waals surface area (Å²) < 4.78 is 5.43. The van der Waals surface area contributed by atoms with E-state index in [4.69, 9.17) is 4.74 Å². The van der Waals surface area contributed by atoms with Crippen LogP contribution in [-0.4, -0.2) is 29.2 Å². The number of aromatic nitrogens is 2. The Kier molecular flexibility index (Phi) is 3.72. The van der Waals surface area contributed by atoms with Gasteiger partial charge >= 0.3 is 0 Å². The molecule has 4 nitrogen and oxygen atoms in total. The lowest BCUT2D eigenvalue weighted by atomic mass is 10.1. The maximum absolute atomic E-state index is 5.43. The number of ether oxygens (including phenoxy) is 1. The summed E-state index contributed by atoms with van der Waals surface area (Å²) in [7, 11) is 0. The molecule has 1 aliphatic heterocycles. The Labute approximate surface area is 96.4 Å². The van der Waals surface area contributed by atoms with Gasteiger partial charge in [-0.2, -0.15) is 0 Å². The number of nitrogens with one attached hydrogen (secondary N) is 1. The van der Waals surface area contributed by atoms with E-state index in [1.54, 1.807) is 6.33 Å². The van der Waals surface area contributed by atoms with Gasteiger partial charge in [0, 0.05) is 18.4 Å². The van der Waals surface area contributed by atoms with Crippen molar-refractivity contribution in [3.8, 4) is 0 Å². The first-order valence-corrected chi connectivity index (χ1v) is 5.92. The highest BCUT2D eigenvalue weighted by Gasteiger charge is 2.14. The van der Waals surface area contributed by atoms with E-state index in [2.05, 4.69) is 29.1 Å². The van der Waals surface area contributed by atoms with E-state index in [1.165, 1.54) is 0 Å². The quantitative estimate of drug-likeness (QED) is 0.850. The van der Waals surface area contributed by atoms with Gasteiger partial charge in [-0.15, -0.1) is 0 Å². The van der Waals surface area contributed by atoms with Crippen molar-refractivity contribution in [2.24, 2.45) is 0 Å². The minimum atomic E-state index is 0.392. The average molecular weight is 221 g/mol. The summed E-state index contributed by atoms with van der Waals surface area (Å²) in [6, 6.07) is 2.42. The highest BCUT2D eigenvalue weighted by molar-refractivity contribution is 5.36. The average Bonchev–Trinajstić information content (AvgIpc) is 2.30. The summed E-state index contributed by atoms with van der Waals surface area (Å²) in [6.07, 6.45) is 3.90. The molecule has 4 heteroatoms. The standard InChI is InChI=1S/C12H19N3O/c1-9(2)11-6-12(14-8-13-11)15-10-4-3-5-16-7-10/h6,8-10H,3-5,7H2,1-2H3,(H,13,14,15). The minimum absolute atomic E-state index is 0.392. The molecule has 0 amide bonds. The van der Waals surface area contributed by atoms with Crippen LogP contribution in [0.3, 0.4) is 0 Å². The SMILES string of the molecule is CC(C)c1cc(NC2CCCOC2)ncn1. The Balaban J connectivity index is 2.00. The fraction of sp³-hybridized carbons (Fsp3) is 0.667. The van der Waals surface area contributed by atoms with Gasteiger partial charge in [0.1, 0.15) is 12.1 Å². The van der Waals surface area contributed by atoms with E-state index in [0.717, 1.165) is 37.6 Å². The minimum Gasteiger partial charge on any atom is -0.379 e. The van der Waals surface area contributed by atoms with Crippen LogP contribution in [0, 0.1) is 0 Å². The topological polar surface area (TPSA) is 47.0 Å². The number of hydrogen-bond acceptors (Lipinski definition) is 4. The van der Waals surface area contributed by atoms with Gasteiger partial charge in [0.2, 0.25) is 0 Å². The van der Waals surface area contributed by atoms with Crippen molar-refractivity contribution in [3.63, 3.8) is 0 Å². The molecule has 1 unspecified atom stereocenters. The molecule has 0 spiro atoms. The summed E-state index contributed by atoms with van der Waals surface area (Å²) in [5.41, 5.74) is 1.08. The van der Waals surface area contributed by atoms with Crippen LogP contribution in [0.1, 0.15) is 38.3 Å². The largest absolute Gasteiger partial charge is 0.379 e. The molecule has 1 fully saturated rings. The van der Waals surface area contributed by atoms with Gasteiger partial charge in [0.25, 0.3) is 0 Å². The molecule has 0 aromatic carbocycles. The Hall–Kier alpha value is -1.16. The van der Waals surface area contributed by atoms with E-state index in [9.17, 15) is 0 Å². The molecule has 2 heterocycles. The molecule has 0 radical (unpaired) electrons. The van der Waals surface area contributed by atoms with Crippen LogP contribution in [-0.2, 0) is 4.74 Å². The number of hydrogen-bond donors (Lipinski definition) is 1. The first-order chi connectivity index (χ1) is 7.75. The molecule has 0 saturated carbocycles. The van der Waals surface area contributed by atoms with Crippen molar-refractivity contribution >= 4 is 5.82 Å². The van der Waals surface area contributed by atoms with Gasteiger partial charge in [-0.3, -0.25) is 0 Å². The number of nitrogens with zero attached hydrogens (tertiary/aromatic N) is 2. The second-order valence-corrected chi connectivity index (χ2v) is 4.54. The van der Waals surface area contributed by atoms with E-state index in [-0.39, 0.29) is 0 Å². The number of rotatable bonds is 3. The highest BCUT2D eigenvalue weighted by atomic mass is 16.5. The van der Waals surface area contributed by atoms with Crippen molar-refractivity contribution in [3.05, 3.63) is 18.1 Å². The van der Waals surface area contributed by atoms with Crippen LogP contribution < -0.4 is 5.32 Å². The van der Waals surface area contributed by atoms with Gasteiger partial charge in [0.15, 0.2) is 0 Å². The summed E-state index contributed by atoms with van der Waals surface area (Å²) in [6.45, 7) is 5.94. The van der Waals surface area contributed by atoms with Crippen LogP contribution in [0.4, 0.5) is 5.82 Å². The molecular weight excluding hydrogens is 202 g/mol. The van der Waals surface area contributed by atoms with E-state index in [0.29, 0.717) is 12.0 Å². The molecule has 0 aliphatic carbocycles. The van der Waals surface area contributed by atoms with Crippen LogP contribution >= 0.6 is 0 Å². The lowest BCUT2D eigenvalue weighted by Gasteiger charge is -2.23. The molecule has 1 N–H and O–H groups in total. The van der Waals surface area contributed by atoms with Crippen LogP contribution in [0.2, 0.25) is 0 Å². The monoisotopic (exact) mass is 221 g/mol. The normalized spacial score (nSPS) is 21.1. The van der Waals surface area contributed by atoms with Crippen LogP contribution in [0.5, 0.6) is 0 Å². The van der Waals surface area contributed by atoms with Crippen molar-refractivity contribution in [1.82, 2.24) is 9.97 Å². The maximum Gasteiger partial charge on any atom is 0.129 e. The molecular formula is C12H19N3O. The lowest BCUT2D eigenvalue weighted by Crippen LogP contribution is -2.30. The third-order valence-corrected chi connectivity index (χ3v) is 2.79. The zero-order valence-corrected chi connectivity index (χ0v) is 9.94. The predicted octanol–water partition coefficient (Wildman–Crippen LogP) is 2.19. The van der Waals surface area contributed by atoms with Crippen molar-refractivity contribution in [2.75, 3.05) is 18.5 Å². The molecule has 1 aromatic heterocycles. The lowest BCUT2D eigenvalue weighted by molar-refractivity contribution is 0.0875. The van der Waals surface area contributed by atoms with Crippen LogP contribution in [0.15, 0.2) is 12.4 Å². The summed E-state index contributed by atoms with van der Waals surface area (Å²) in [5.74, 6) is 1.35. The molecule has 1 atom stereocenters. The molecule has 1 saturated heterocycles. The van der Waals surface area contributed by atoms with Crippen molar-refractivity contribution in [1.29, 1.82) is 0 Å². The van der Waals surface area contributed by atoms with Gasteiger partial charge in [-0.25, -0.2) is 9.97 Å². The second-order valence-electron chi connectivity index (χ2n) is 4.54. The third kappa shape index (κ3) is 2.92. The Bertz CT molecular complexity index is 335. The number of anilines is 1. The first kappa shape index (κ1) is 11.3.